The summed E-state index contributed by atoms with van der Waals surface area (Å²) >= 11 is 0. The zero-order valence-corrected chi connectivity index (χ0v) is 10.7. The summed E-state index contributed by atoms with van der Waals surface area (Å²) in [6, 6.07) is 8.01. The van der Waals surface area contributed by atoms with E-state index in [0.717, 1.165) is 0 Å². The summed E-state index contributed by atoms with van der Waals surface area (Å²) in [5, 5.41) is 0.846. The Morgan fingerprint density at radius 1 is 1.00 bits per heavy atom. The number of hydrogen-bond acceptors (Lipinski definition) is 5. The van der Waals surface area contributed by atoms with Gasteiger partial charge in [-0.15, -0.1) is 0 Å². The largest absolute Gasteiger partial charge is 0.744 e. The normalized spacial score (nSPS) is 11.5. The molecule has 0 aromatic heterocycles. The fourth-order valence-electron chi connectivity index (χ4n) is 1.87. The second kappa shape index (κ2) is 4.47. The Hall–Kier alpha value is -1.79. The van der Waals surface area contributed by atoms with Crippen molar-refractivity contribution in [2.75, 3.05) is 14.2 Å². The summed E-state index contributed by atoms with van der Waals surface area (Å²) in [5.74, 6) is 0.440. The Bertz CT molecular complexity index is 691. The third-order valence-electron chi connectivity index (χ3n) is 2.61. The van der Waals surface area contributed by atoms with Crippen molar-refractivity contribution < 1.29 is 22.4 Å². The number of benzene rings is 2. The first kappa shape index (κ1) is 12.7. The van der Waals surface area contributed by atoms with Gasteiger partial charge in [-0.25, -0.2) is 8.42 Å². The lowest BCUT2D eigenvalue weighted by molar-refractivity contribution is 0.386. The molecule has 0 saturated heterocycles. The maximum absolute atomic E-state index is 11.3. The van der Waals surface area contributed by atoms with Crippen LogP contribution in [0.4, 0.5) is 0 Å². The highest BCUT2D eigenvalue weighted by Gasteiger charge is 2.17. The van der Waals surface area contributed by atoms with Gasteiger partial charge in [0.1, 0.15) is 26.5 Å². The highest BCUT2D eigenvalue weighted by molar-refractivity contribution is 7.86. The summed E-state index contributed by atoms with van der Waals surface area (Å²) in [5.41, 5.74) is 0. The van der Waals surface area contributed by atoms with Crippen molar-refractivity contribution in [2.24, 2.45) is 0 Å². The molecule has 18 heavy (non-hydrogen) atoms. The molecule has 0 fully saturated rings. The second-order valence-electron chi connectivity index (χ2n) is 3.61. The summed E-state index contributed by atoms with van der Waals surface area (Å²) < 4.78 is 44.2. The van der Waals surface area contributed by atoms with Gasteiger partial charge < -0.3 is 14.0 Å². The third-order valence-corrected chi connectivity index (χ3v) is 3.53. The molecule has 0 N–H and O–H groups in total. The van der Waals surface area contributed by atoms with Crippen LogP contribution in [-0.2, 0) is 10.1 Å². The number of ether oxygens (including phenoxy) is 2. The molecule has 5 nitrogen and oxygen atoms in total. The van der Waals surface area contributed by atoms with E-state index in [-0.39, 0.29) is 10.6 Å². The van der Waals surface area contributed by atoms with E-state index in [0.29, 0.717) is 16.5 Å². The quantitative estimate of drug-likeness (QED) is 0.792. The molecule has 0 spiro atoms. The zero-order chi connectivity index (χ0) is 13.3. The van der Waals surface area contributed by atoms with Gasteiger partial charge in [0.2, 0.25) is 0 Å². The fraction of sp³-hybridized carbons (Fsp3) is 0.167. The molecule has 0 amide bonds. The monoisotopic (exact) mass is 267 g/mol. The van der Waals surface area contributed by atoms with Crippen LogP contribution in [0.5, 0.6) is 11.5 Å². The molecule has 0 aliphatic rings. The van der Waals surface area contributed by atoms with Crippen molar-refractivity contribution in [2.45, 2.75) is 4.90 Å². The summed E-state index contributed by atoms with van der Waals surface area (Å²) in [4.78, 5) is -0.360. The van der Waals surface area contributed by atoms with Gasteiger partial charge in [0.25, 0.3) is 0 Å². The Balaban J connectivity index is 3.00. The van der Waals surface area contributed by atoms with Gasteiger partial charge in [-0.05, 0) is 0 Å². The molecule has 6 heteroatoms. The van der Waals surface area contributed by atoms with Gasteiger partial charge in [0.15, 0.2) is 0 Å². The summed E-state index contributed by atoms with van der Waals surface area (Å²) in [7, 11) is -1.86. The minimum atomic E-state index is -4.63. The van der Waals surface area contributed by atoms with Crippen LogP contribution in [-0.4, -0.2) is 27.2 Å². The van der Waals surface area contributed by atoms with E-state index in [4.69, 9.17) is 9.47 Å². The van der Waals surface area contributed by atoms with E-state index in [1.165, 1.54) is 20.3 Å². The Morgan fingerprint density at radius 3 is 2.06 bits per heavy atom. The molecule has 2 aromatic carbocycles. The molecule has 0 atom stereocenters. The van der Waals surface area contributed by atoms with Crippen molar-refractivity contribution in [3.8, 4) is 11.5 Å². The molecule has 0 aliphatic heterocycles. The molecular formula is C12H11O5S-. The van der Waals surface area contributed by atoms with Crippen LogP contribution in [0, 0.1) is 0 Å². The first-order chi connectivity index (χ1) is 8.49. The van der Waals surface area contributed by atoms with Crippen LogP contribution in [0.3, 0.4) is 0 Å². The average molecular weight is 267 g/mol. The van der Waals surface area contributed by atoms with Crippen molar-refractivity contribution in [3.63, 3.8) is 0 Å². The van der Waals surface area contributed by atoms with Crippen LogP contribution in [0.2, 0.25) is 0 Å². The standard InChI is InChI=1S/C12H12O5S/c1-16-10-7-11(17-2)12(18(13,14)15)9-6-4-3-5-8(9)10/h3-7H,1-2H3,(H,13,14,15)/p-1. The molecule has 2 rings (SSSR count). The van der Waals surface area contributed by atoms with Gasteiger partial charge >= 0.3 is 0 Å². The lowest BCUT2D eigenvalue weighted by atomic mass is 10.1. The van der Waals surface area contributed by atoms with Crippen molar-refractivity contribution in [1.82, 2.24) is 0 Å². The predicted molar refractivity (Wildman–Crippen MR) is 65.0 cm³/mol. The summed E-state index contributed by atoms with van der Waals surface area (Å²) in [6.45, 7) is 0. The third kappa shape index (κ3) is 2.00. The van der Waals surface area contributed by atoms with Crippen LogP contribution < -0.4 is 9.47 Å². The lowest BCUT2D eigenvalue weighted by Gasteiger charge is -2.17. The van der Waals surface area contributed by atoms with Gasteiger partial charge in [0, 0.05) is 16.8 Å². The number of rotatable bonds is 3. The van der Waals surface area contributed by atoms with Crippen LogP contribution in [0.1, 0.15) is 0 Å². The zero-order valence-electron chi connectivity index (χ0n) is 9.84. The van der Waals surface area contributed by atoms with E-state index in [9.17, 15) is 13.0 Å². The molecule has 2 aromatic rings. The predicted octanol–water partition coefficient (Wildman–Crippen LogP) is 1.76. The first-order valence-electron chi connectivity index (χ1n) is 5.08. The molecule has 0 bridgehead atoms. The average Bonchev–Trinajstić information content (AvgIpc) is 2.35. The van der Waals surface area contributed by atoms with Crippen LogP contribution >= 0.6 is 0 Å². The fourth-order valence-corrected chi connectivity index (χ4v) is 2.71. The lowest BCUT2D eigenvalue weighted by Crippen LogP contribution is -2.04. The molecular weight excluding hydrogens is 256 g/mol. The number of methoxy groups -OCH3 is 2. The smallest absolute Gasteiger partial charge is 0.140 e. The van der Waals surface area contributed by atoms with E-state index in [1.807, 2.05) is 0 Å². The SMILES string of the molecule is COc1cc(OC)c2ccccc2c1S(=O)(=O)[O-]. The Labute approximate surface area is 105 Å². The van der Waals surface area contributed by atoms with Crippen molar-refractivity contribution in [1.29, 1.82) is 0 Å². The highest BCUT2D eigenvalue weighted by Crippen LogP contribution is 2.38. The van der Waals surface area contributed by atoms with Crippen LogP contribution in [0.25, 0.3) is 10.8 Å². The molecule has 0 unspecified atom stereocenters. The van der Waals surface area contributed by atoms with Gasteiger partial charge in [-0.3, -0.25) is 0 Å². The Morgan fingerprint density at radius 2 is 1.56 bits per heavy atom. The molecule has 0 saturated carbocycles. The van der Waals surface area contributed by atoms with E-state index < -0.39 is 10.1 Å². The molecule has 96 valence electrons. The number of hydrogen-bond donors (Lipinski definition) is 0. The number of fused-ring (bicyclic) bond motifs is 1. The maximum Gasteiger partial charge on any atom is 0.140 e. The van der Waals surface area contributed by atoms with Gasteiger partial charge in [-0.1, -0.05) is 24.3 Å². The Kier molecular flexibility index (Phi) is 3.14. The van der Waals surface area contributed by atoms with E-state index >= 15 is 0 Å². The van der Waals surface area contributed by atoms with Gasteiger partial charge in [-0.2, -0.15) is 0 Å². The van der Waals surface area contributed by atoms with Crippen LogP contribution in [0.15, 0.2) is 35.2 Å². The minimum Gasteiger partial charge on any atom is -0.744 e. The van der Waals surface area contributed by atoms with Crippen molar-refractivity contribution >= 4 is 20.9 Å². The minimum absolute atomic E-state index is 0.0134. The topological polar surface area (TPSA) is 75.7 Å². The van der Waals surface area contributed by atoms with E-state index in [1.54, 1.807) is 24.3 Å². The maximum atomic E-state index is 11.3. The van der Waals surface area contributed by atoms with Gasteiger partial charge in [0.05, 0.1) is 14.2 Å². The van der Waals surface area contributed by atoms with Crippen molar-refractivity contribution in [3.05, 3.63) is 30.3 Å². The van der Waals surface area contributed by atoms with E-state index in [2.05, 4.69) is 0 Å². The first-order valence-corrected chi connectivity index (χ1v) is 6.49. The molecule has 0 radical (unpaired) electrons. The second-order valence-corrected chi connectivity index (χ2v) is 4.93. The molecule has 0 heterocycles. The molecule has 0 aliphatic carbocycles. The highest BCUT2D eigenvalue weighted by atomic mass is 32.2. The summed E-state index contributed by atoms with van der Waals surface area (Å²) in [6.07, 6.45) is 0.